The normalized spacial score (nSPS) is 9.71. The molecule has 6 heteroatoms. The molecule has 1 aromatic carbocycles. The molecule has 0 bridgehead atoms. The third-order valence-electron chi connectivity index (χ3n) is 1.84. The second-order valence-electron chi connectivity index (χ2n) is 3.01. The maximum Gasteiger partial charge on any atom is 0.323 e. The van der Waals surface area contributed by atoms with Crippen molar-refractivity contribution in [2.24, 2.45) is 0 Å². The maximum atomic E-state index is 13.2. The largest absolute Gasteiger partial charge is 0.421 e. The Morgan fingerprint density at radius 1 is 1.24 bits per heavy atom. The summed E-state index contributed by atoms with van der Waals surface area (Å²) in [5.41, 5.74) is 0.0949. The Hall–Kier alpha value is -2.55. The van der Waals surface area contributed by atoms with Crippen LogP contribution in [0.3, 0.4) is 0 Å². The highest BCUT2D eigenvalue weighted by Gasteiger charge is 2.08. The summed E-state index contributed by atoms with van der Waals surface area (Å²) in [7, 11) is 0. The Bertz CT molecular complexity index is 596. The molecule has 1 heterocycles. The molecule has 0 spiro atoms. The van der Waals surface area contributed by atoms with E-state index in [0.717, 1.165) is 12.1 Å². The zero-order valence-electron chi connectivity index (χ0n) is 8.39. The van der Waals surface area contributed by atoms with Gasteiger partial charge in [0.05, 0.1) is 0 Å². The van der Waals surface area contributed by atoms with E-state index in [9.17, 15) is 8.78 Å². The minimum Gasteiger partial charge on any atom is -0.421 e. The standard InChI is InChI=1S/C11H5F2N3O/c12-7-1-2-10(9(13)5-7)17-11-15-4-3-8(6-14)16-11/h1-5H. The molecule has 84 valence electrons. The number of rotatable bonds is 2. The lowest BCUT2D eigenvalue weighted by Gasteiger charge is -2.04. The minimum absolute atomic E-state index is 0.0949. The lowest BCUT2D eigenvalue weighted by atomic mass is 10.3. The summed E-state index contributed by atoms with van der Waals surface area (Å²) >= 11 is 0. The SMILES string of the molecule is N#Cc1ccnc(Oc2ccc(F)cc2F)n1. The van der Waals surface area contributed by atoms with Crippen molar-refractivity contribution in [3.05, 3.63) is 47.8 Å². The first kappa shape index (κ1) is 11.0. The highest BCUT2D eigenvalue weighted by atomic mass is 19.1. The van der Waals surface area contributed by atoms with Crippen molar-refractivity contribution in [3.63, 3.8) is 0 Å². The van der Waals surface area contributed by atoms with Crippen LogP contribution in [0.5, 0.6) is 11.8 Å². The Labute approximate surface area is 95.1 Å². The molecule has 0 aliphatic carbocycles. The van der Waals surface area contributed by atoms with Gasteiger partial charge >= 0.3 is 6.01 Å². The molecule has 0 amide bonds. The number of aromatic nitrogens is 2. The Morgan fingerprint density at radius 2 is 2.06 bits per heavy atom. The van der Waals surface area contributed by atoms with Gasteiger partial charge in [-0.3, -0.25) is 0 Å². The summed E-state index contributed by atoms with van der Waals surface area (Å²) in [6, 6.07) is 5.85. The molecule has 0 N–H and O–H groups in total. The predicted molar refractivity (Wildman–Crippen MR) is 53.2 cm³/mol. The molecule has 4 nitrogen and oxygen atoms in total. The van der Waals surface area contributed by atoms with Crippen molar-refractivity contribution >= 4 is 0 Å². The first-order valence-corrected chi connectivity index (χ1v) is 4.55. The first-order chi connectivity index (χ1) is 8.19. The third-order valence-corrected chi connectivity index (χ3v) is 1.84. The van der Waals surface area contributed by atoms with Gasteiger partial charge in [-0.15, -0.1) is 0 Å². The number of nitrogens with zero attached hydrogens (tertiary/aromatic N) is 3. The van der Waals surface area contributed by atoms with Crippen LogP contribution < -0.4 is 4.74 Å². The van der Waals surface area contributed by atoms with Gasteiger partial charge in [0.15, 0.2) is 11.6 Å². The topological polar surface area (TPSA) is 58.8 Å². The highest BCUT2D eigenvalue weighted by Crippen LogP contribution is 2.22. The third kappa shape index (κ3) is 2.52. The fourth-order valence-corrected chi connectivity index (χ4v) is 1.11. The zero-order valence-corrected chi connectivity index (χ0v) is 8.39. The predicted octanol–water partition coefficient (Wildman–Crippen LogP) is 2.42. The Balaban J connectivity index is 2.28. The molecule has 2 aromatic rings. The lowest BCUT2D eigenvalue weighted by Crippen LogP contribution is -1.95. The van der Waals surface area contributed by atoms with Crippen LogP contribution in [0.4, 0.5) is 8.78 Å². The fraction of sp³-hybridized carbons (Fsp3) is 0. The summed E-state index contributed by atoms with van der Waals surface area (Å²) in [5.74, 6) is -1.78. The number of ether oxygens (including phenoxy) is 1. The number of benzene rings is 1. The van der Waals surface area contributed by atoms with Crippen molar-refractivity contribution < 1.29 is 13.5 Å². The molecule has 0 saturated carbocycles. The minimum atomic E-state index is -0.865. The van der Waals surface area contributed by atoms with Crippen LogP contribution in [0.1, 0.15) is 5.69 Å². The van der Waals surface area contributed by atoms with Crippen molar-refractivity contribution in [1.82, 2.24) is 9.97 Å². The highest BCUT2D eigenvalue weighted by molar-refractivity contribution is 5.28. The quantitative estimate of drug-likeness (QED) is 0.799. The average Bonchev–Trinajstić information content (AvgIpc) is 2.33. The van der Waals surface area contributed by atoms with E-state index in [-0.39, 0.29) is 17.5 Å². The molecular weight excluding hydrogens is 228 g/mol. The van der Waals surface area contributed by atoms with Crippen LogP contribution in [0.2, 0.25) is 0 Å². The van der Waals surface area contributed by atoms with Gasteiger partial charge in [-0.25, -0.2) is 13.8 Å². The number of nitriles is 1. The Kier molecular flexibility index (Phi) is 2.92. The lowest BCUT2D eigenvalue weighted by molar-refractivity contribution is 0.407. The molecule has 1 aromatic heterocycles. The van der Waals surface area contributed by atoms with Gasteiger partial charge in [0.1, 0.15) is 17.6 Å². The van der Waals surface area contributed by atoms with Crippen LogP contribution in [0.25, 0.3) is 0 Å². The van der Waals surface area contributed by atoms with Gasteiger partial charge in [0, 0.05) is 12.3 Å². The van der Waals surface area contributed by atoms with Crippen LogP contribution in [-0.4, -0.2) is 9.97 Å². The molecule has 0 saturated heterocycles. The average molecular weight is 233 g/mol. The van der Waals surface area contributed by atoms with Gasteiger partial charge in [-0.2, -0.15) is 10.2 Å². The summed E-state index contributed by atoms with van der Waals surface area (Å²) in [4.78, 5) is 7.40. The monoisotopic (exact) mass is 233 g/mol. The van der Waals surface area contributed by atoms with E-state index in [2.05, 4.69) is 9.97 Å². The molecule has 0 atom stereocenters. The van der Waals surface area contributed by atoms with E-state index >= 15 is 0 Å². The van der Waals surface area contributed by atoms with Crippen molar-refractivity contribution in [2.45, 2.75) is 0 Å². The van der Waals surface area contributed by atoms with Gasteiger partial charge in [-0.05, 0) is 18.2 Å². The maximum absolute atomic E-state index is 13.2. The van der Waals surface area contributed by atoms with Gasteiger partial charge in [-0.1, -0.05) is 0 Å². The zero-order chi connectivity index (χ0) is 12.3. The van der Waals surface area contributed by atoms with E-state index in [1.165, 1.54) is 12.3 Å². The number of hydrogen-bond acceptors (Lipinski definition) is 4. The van der Waals surface area contributed by atoms with Gasteiger partial charge in [0.25, 0.3) is 0 Å². The molecule has 0 aliphatic heterocycles. The fourth-order valence-electron chi connectivity index (χ4n) is 1.11. The van der Waals surface area contributed by atoms with Crippen molar-refractivity contribution in [3.8, 4) is 17.8 Å². The second-order valence-corrected chi connectivity index (χ2v) is 3.01. The molecule has 0 fully saturated rings. The summed E-state index contributed by atoms with van der Waals surface area (Å²) < 4.78 is 30.9. The smallest absolute Gasteiger partial charge is 0.323 e. The molecule has 2 rings (SSSR count). The summed E-state index contributed by atoms with van der Waals surface area (Å²) in [5, 5.41) is 8.60. The Morgan fingerprint density at radius 3 is 2.76 bits per heavy atom. The van der Waals surface area contributed by atoms with E-state index < -0.39 is 11.6 Å². The van der Waals surface area contributed by atoms with E-state index in [4.69, 9.17) is 10.00 Å². The first-order valence-electron chi connectivity index (χ1n) is 4.55. The molecular formula is C11H5F2N3O. The van der Waals surface area contributed by atoms with Crippen LogP contribution in [0.15, 0.2) is 30.5 Å². The van der Waals surface area contributed by atoms with Crippen molar-refractivity contribution in [2.75, 3.05) is 0 Å². The molecule has 0 unspecified atom stereocenters. The molecule has 0 radical (unpaired) electrons. The van der Waals surface area contributed by atoms with Crippen LogP contribution in [0, 0.1) is 23.0 Å². The number of hydrogen-bond donors (Lipinski definition) is 0. The molecule has 17 heavy (non-hydrogen) atoms. The van der Waals surface area contributed by atoms with Gasteiger partial charge in [0.2, 0.25) is 0 Å². The number of halogens is 2. The van der Waals surface area contributed by atoms with E-state index in [1.54, 1.807) is 6.07 Å². The molecule has 0 aliphatic rings. The van der Waals surface area contributed by atoms with Crippen LogP contribution in [-0.2, 0) is 0 Å². The van der Waals surface area contributed by atoms with Crippen LogP contribution >= 0.6 is 0 Å². The van der Waals surface area contributed by atoms with Crippen molar-refractivity contribution in [1.29, 1.82) is 5.26 Å². The van der Waals surface area contributed by atoms with E-state index in [1.807, 2.05) is 0 Å². The second kappa shape index (κ2) is 4.53. The van der Waals surface area contributed by atoms with Gasteiger partial charge < -0.3 is 4.74 Å². The summed E-state index contributed by atoms with van der Waals surface area (Å²) in [6.45, 7) is 0. The summed E-state index contributed by atoms with van der Waals surface area (Å²) in [6.07, 6.45) is 1.31. The van der Waals surface area contributed by atoms with E-state index in [0.29, 0.717) is 6.07 Å².